The molecule has 0 radical (unpaired) electrons. The summed E-state index contributed by atoms with van der Waals surface area (Å²) in [5, 5.41) is 22.9. The number of anilines is 1. The molecule has 7 heteroatoms. The maximum Gasteiger partial charge on any atom is 0.248 e. The fourth-order valence-electron chi connectivity index (χ4n) is 5.24. The number of aromatic nitrogens is 1. The van der Waals surface area contributed by atoms with Crippen LogP contribution in [-0.4, -0.2) is 34.1 Å². The van der Waals surface area contributed by atoms with Crippen molar-refractivity contribution in [1.82, 2.24) is 10.3 Å². The molecular formula is C29H36N4O3. The number of rotatable bonds is 6. The van der Waals surface area contributed by atoms with Gasteiger partial charge >= 0.3 is 0 Å². The Morgan fingerprint density at radius 1 is 1.14 bits per heavy atom. The Labute approximate surface area is 213 Å². The van der Waals surface area contributed by atoms with Crippen molar-refractivity contribution in [2.75, 3.05) is 4.90 Å². The quantitative estimate of drug-likeness (QED) is 0.626. The average molecular weight is 489 g/mol. The van der Waals surface area contributed by atoms with Gasteiger partial charge in [-0.3, -0.25) is 19.5 Å². The van der Waals surface area contributed by atoms with E-state index in [1.807, 2.05) is 24.3 Å². The number of nitriles is 1. The molecule has 2 aliphatic carbocycles. The molecule has 190 valence electrons. The number of pyridine rings is 1. The van der Waals surface area contributed by atoms with Crippen molar-refractivity contribution in [3.63, 3.8) is 0 Å². The molecule has 2 amide bonds. The topological polar surface area (TPSA) is 106 Å². The third-order valence-corrected chi connectivity index (χ3v) is 7.52. The van der Waals surface area contributed by atoms with Crippen molar-refractivity contribution in [3.05, 3.63) is 59.9 Å². The molecular weight excluding hydrogens is 452 g/mol. The highest BCUT2D eigenvalue weighted by Gasteiger charge is 2.48. The summed E-state index contributed by atoms with van der Waals surface area (Å²) in [5.74, 6) is -2.04. The number of nitrogens with zero attached hydrogens (tertiary/aromatic N) is 3. The van der Waals surface area contributed by atoms with Crippen molar-refractivity contribution in [1.29, 1.82) is 5.26 Å². The first-order valence-electron chi connectivity index (χ1n) is 12.9. The first-order chi connectivity index (χ1) is 17.2. The number of benzene rings is 1. The van der Waals surface area contributed by atoms with Gasteiger partial charge in [-0.1, -0.05) is 58.2 Å². The van der Waals surface area contributed by atoms with E-state index >= 15 is 0 Å². The lowest BCUT2D eigenvalue weighted by Gasteiger charge is -2.41. The summed E-state index contributed by atoms with van der Waals surface area (Å²) in [6.07, 6.45) is 7.79. The molecule has 2 aliphatic rings. The summed E-state index contributed by atoms with van der Waals surface area (Å²) in [5.41, 5.74) is 2.22. The summed E-state index contributed by atoms with van der Waals surface area (Å²) in [4.78, 5) is 33.6. The Balaban J connectivity index is 1.76. The number of carbonyl (C=O) groups is 2. The third-order valence-electron chi connectivity index (χ3n) is 7.52. The van der Waals surface area contributed by atoms with E-state index in [1.165, 1.54) is 11.3 Å². The number of aliphatic hydroxyl groups is 1. The number of hydrogen-bond acceptors (Lipinski definition) is 5. The Bertz CT molecular complexity index is 1100. The van der Waals surface area contributed by atoms with Crippen molar-refractivity contribution in [2.24, 2.45) is 11.8 Å². The molecule has 7 nitrogen and oxygen atoms in total. The predicted molar refractivity (Wildman–Crippen MR) is 138 cm³/mol. The van der Waals surface area contributed by atoms with Crippen LogP contribution in [0.15, 0.2) is 48.8 Å². The van der Waals surface area contributed by atoms with E-state index in [-0.39, 0.29) is 29.7 Å². The Morgan fingerprint density at radius 2 is 1.83 bits per heavy atom. The lowest BCUT2D eigenvalue weighted by molar-refractivity contribution is -0.135. The second kappa shape index (κ2) is 10.8. The molecule has 2 aromatic rings. The van der Waals surface area contributed by atoms with Gasteiger partial charge in [-0.05, 0) is 48.4 Å². The van der Waals surface area contributed by atoms with Gasteiger partial charge in [-0.2, -0.15) is 5.26 Å². The fraction of sp³-hybridized carbons (Fsp3) is 0.517. The first kappa shape index (κ1) is 25.8. The lowest BCUT2D eigenvalue weighted by atomic mass is 9.71. The fourth-order valence-corrected chi connectivity index (χ4v) is 5.24. The summed E-state index contributed by atoms with van der Waals surface area (Å²) < 4.78 is 0. The Kier molecular flexibility index (Phi) is 7.75. The van der Waals surface area contributed by atoms with Gasteiger partial charge in [0.2, 0.25) is 11.8 Å². The molecule has 1 heterocycles. The van der Waals surface area contributed by atoms with E-state index in [9.17, 15) is 20.0 Å². The first-order valence-corrected chi connectivity index (χ1v) is 12.9. The number of carbonyl (C=O) groups excluding carboxylic acids is 2. The molecule has 4 unspecified atom stereocenters. The van der Waals surface area contributed by atoms with Crippen LogP contribution in [0.1, 0.15) is 76.5 Å². The van der Waals surface area contributed by atoms with Crippen molar-refractivity contribution >= 4 is 17.5 Å². The zero-order valence-electron chi connectivity index (χ0n) is 21.4. The summed E-state index contributed by atoms with van der Waals surface area (Å²) in [6, 6.07) is 12.5. The SMILES string of the molecule is CC(C)(C)c1ccc(N(C(=O)C2CC(O)C2C#N)C(C(=O)NC2CCCCC2)c2cccnc2)cc1. The molecule has 2 N–H and O–H groups in total. The molecule has 0 aliphatic heterocycles. The normalized spacial score (nSPS) is 23.1. The van der Waals surface area contributed by atoms with Gasteiger partial charge < -0.3 is 10.4 Å². The summed E-state index contributed by atoms with van der Waals surface area (Å²) in [7, 11) is 0. The average Bonchev–Trinajstić information content (AvgIpc) is 2.86. The monoisotopic (exact) mass is 488 g/mol. The maximum atomic E-state index is 14.0. The van der Waals surface area contributed by atoms with E-state index in [4.69, 9.17) is 0 Å². The Hall–Kier alpha value is -3.24. The van der Waals surface area contributed by atoms with Crippen LogP contribution < -0.4 is 10.2 Å². The minimum atomic E-state index is -0.939. The minimum absolute atomic E-state index is 0.0710. The van der Waals surface area contributed by atoms with Gasteiger partial charge in [0, 0.05) is 29.7 Å². The van der Waals surface area contributed by atoms with Crippen LogP contribution in [0.3, 0.4) is 0 Å². The largest absolute Gasteiger partial charge is 0.392 e. The highest BCUT2D eigenvalue weighted by Crippen LogP contribution is 2.40. The summed E-state index contributed by atoms with van der Waals surface area (Å²) in [6.45, 7) is 6.36. The molecule has 4 rings (SSSR count). The Morgan fingerprint density at radius 3 is 2.39 bits per heavy atom. The van der Waals surface area contributed by atoms with Gasteiger partial charge in [-0.25, -0.2) is 0 Å². The number of hydrogen-bond donors (Lipinski definition) is 2. The molecule has 2 saturated carbocycles. The van der Waals surface area contributed by atoms with E-state index in [1.54, 1.807) is 24.5 Å². The van der Waals surface area contributed by atoms with Crippen LogP contribution in [0.5, 0.6) is 0 Å². The van der Waals surface area contributed by atoms with Crippen molar-refractivity contribution < 1.29 is 14.7 Å². The number of nitrogens with one attached hydrogen (secondary N) is 1. The van der Waals surface area contributed by atoms with Crippen LogP contribution in [0.25, 0.3) is 0 Å². The molecule has 4 atom stereocenters. The van der Waals surface area contributed by atoms with E-state index in [2.05, 4.69) is 37.1 Å². The molecule has 36 heavy (non-hydrogen) atoms. The predicted octanol–water partition coefficient (Wildman–Crippen LogP) is 4.42. The van der Waals surface area contributed by atoms with Crippen LogP contribution >= 0.6 is 0 Å². The van der Waals surface area contributed by atoms with Gasteiger partial charge in [0.1, 0.15) is 6.04 Å². The van der Waals surface area contributed by atoms with E-state index in [0.29, 0.717) is 11.3 Å². The standard InChI is InChI=1S/C29H36N4O3/c1-29(2,3)20-11-13-22(14-12-20)33(28(36)23-16-25(34)24(23)17-30)26(19-8-7-15-31-18-19)27(35)32-21-9-5-4-6-10-21/h7-8,11-15,18,21,23-26,34H,4-6,9-10,16H2,1-3H3,(H,32,35). The molecule has 1 aromatic carbocycles. The van der Waals surface area contributed by atoms with Crippen LogP contribution in [0.4, 0.5) is 5.69 Å². The molecule has 1 aromatic heterocycles. The summed E-state index contributed by atoms with van der Waals surface area (Å²) >= 11 is 0. The van der Waals surface area contributed by atoms with E-state index in [0.717, 1.165) is 31.2 Å². The zero-order chi connectivity index (χ0) is 25.9. The smallest absolute Gasteiger partial charge is 0.248 e. The second-order valence-electron chi connectivity index (χ2n) is 11.1. The highest BCUT2D eigenvalue weighted by atomic mass is 16.3. The van der Waals surface area contributed by atoms with Crippen LogP contribution in [0, 0.1) is 23.2 Å². The van der Waals surface area contributed by atoms with Gasteiger partial charge in [-0.15, -0.1) is 0 Å². The maximum absolute atomic E-state index is 14.0. The van der Waals surface area contributed by atoms with Gasteiger partial charge in [0.25, 0.3) is 0 Å². The minimum Gasteiger partial charge on any atom is -0.392 e. The second-order valence-corrected chi connectivity index (χ2v) is 11.1. The third kappa shape index (κ3) is 5.44. The highest BCUT2D eigenvalue weighted by molar-refractivity contribution is 6.03. The molecule has 0 saturated heterocycles. The molecule has 0 spiro atoms. The van der Waals surface area contributed by atoms with E-state index < -0.39 is 24.0 Å². The van der Waals surface area contributed by atoms with Gasteiger partial charge in [0.15, 0.2) is 0 Å². The zero-order valence-corrected chi connectivity index (χ0v) is 21.4. The molecule has 2 fully saturated rings. The lowest BCUT2D eigenvalue weighted by Crippen LogP contribution is -2.54. The number of aliphatic hydroxyl groups excluding tert-OH is 1. The van der Waals surface area contributed by atoms with Crippen molar-refractivity contribution in [2.45, 2.75) is 82.9 Å². The van der Waals surface area contributed by atoms with Gasteiger partial charge in [0.05, 0.1) is 24.0 Å². The van der Waals surface area contributed by atoms with Crippen LogP contribution in [-0.2, 0) is 15.0 Å². The van der Waals surface area contributed by atoms with Crippen molar-refractivity contribution in [3.8, 4) is 6.07 Å². The number of amides is 2. The molecule has 0 bridgehead atoms. The van der Waals surface area contributed by atoms with Crippen LogP contribution in [0.2, 0.25) is 0 Å².